The zero-order valence-electron chi connectivity index (χ0n) is 16.6. The molecule has 1 heterocycles. The van der Waals surface area contributed by atoms with Crippen LogP contribution in [0.1, 0.15) is 72.1 Å². The molecule has 25 heavy (non-hydrogen) atoms. The fourth-order valence-electron chi connectivity index (χ4n) is 3.17. The lowest BCUT2D eigenvalue weighted by molar-refractivity contribution is 0.0706. The van der Waals surface area contributed by atoms with Crippen molar-refractivity contribution in [3.8, 4) is 0 Å². The van der Waals surface area contributed by atoms with Crippen LogP contribution in [-0.2, 0) is 18.0 Å². The maximum absolute atomic E-state index is 5.90. The smallest absolute Gasteiger partial charge is 0.479 e. The van der Waals surface area contributed by atoms with Gasteiger partial charge in [-0.3, -0.25) is 0 Å². The van der Waals surface area contributed by atoms with Gasteiger partial charge in [-0.15, -0.1) is 0 Å². The molecule has 1 rings (SSSR count). The van der Waals surface area contributed by atoms with Crippen LogP contribution in [0.5, 0.6) is 0 Å². The van der Waals surface area contributed by atoms with Gasteiger partial charge >= 0.3 is 8.80 Å². The maximum atomic E-state index is 5.90. The van der Waals surface area contributed by atoms with Gasteiger partial charge in [-0.2, -0.15) is 0 Å². The van der Waals surface area contributed by atoms with Crippen LogP contribution < -0.4 is 0 Å². The Bertz CT molecular complexity index is 324. The van der Waals surface area contributed by atoms with Gasteiger partial charge in [-0.25, -0.2) is 0 Å². The summed E-state index contributed by atoms with van der Waals surface area (Å²) in [6, 6.07) is 0.952. The zero-order valence-corrected chi connectivity index (χ0v) is 17.6. The topological polar surface area (TPSA) is 40.2 Å². The van der Waals surface area contributed by atoms with E-state index in [1.54, 1.807) is 6.26 Å². The highest BCUT2D eigenvalue weighted by atomic mass is 28.4. The summed E-state index contributed by atoms with van der Waals surface area (Å²) in [6.07, 6.45) is 14.1. The first-order valence-corrected chi connectivity index (χ1v) is 12.1. The number of hydrogen-bond donors (Lipinski definition) is 0. The van der Waals surface area contributed by atoms with Crippen molar-refractivity contribution in [2.45, 2.75) is 78.2 Å². The third-order valence-corrected chi connectivity index (χ3v) is 7.53. The number of nitrogens with zero attached hydrogens (tertiary/aromatic N) is 1. The third-order valence-electron chi connectivity index (χ3n) is 4.38. The van der Waals surface area contributed by atoms with Crippen molar-refractivity contribution in [2.24, 2.45) is 0 Å². The highest BCUT2D eigenvalue weighted by Crippen LogP contribution is 2.21. The summed E-state index contributed by atoms with van der Waals surface area (Å²) in [4.78, 5) is 2.23. The van der Waals surface area contributed by atoms with Crippen LogP contribution in [0.25, 0.3) is 0 Å². The molecule has 148 valence electrons. The lowest BCUT2D eigenvalue weighted by Gasteiger charge is -2.28. The molecule has 0 saturated carbocycles. The van der Waals surface area contributed by atoms with Crippen LogP contribution in [-0.4, -0.2) is 46.8 Å². The summed E-state index contributed by atoms with van der Waals surface area (Å²) >= 11 is 0. The van der Waals surface area contributed by atoms with Gasteiger partial charge in [-0.05, 0) is 33.6 Å². The lowest BCUT2D eigenvalue weighted by Crippen LogP contribution is -2.45. The van der Waals surface area contributed by atoms with E-state index in [1.165, 1.54) is 44.9 Å². The van der Waals surface area contributed by atoms with Crippen molar-refractivity contribution >= 4 is 8.80 Å². The highest BCUT2D eigenvalue weighted by molar-refractivity contribution is 6.60. The van der Waals surface area contributed by atoms with E-state index in [0.29, 0.717) is 19.8 Å². The van der Waals surface area contributed by atoms with Gasteiger partial charge < -0.3 is 22.9 Å². The molecule has 0 saturated heterocycles. The molecule has 0 aromatic carbocycles. The molecular formula is C19H39NO4Si. The molecule has 0 amide bonds. The molecule has 0 aromatic heterocycles. The van der Waals surface area contributed by atoms with E-state index in [1.807, 2.05) is 27.0 Å². The minimum atomic E-state index is -2.42. The minimum Gasteiger partial charge on any atom is -0.479 e. The molecule has 1 aliphatic rings. The van der Waals surface area contributed by atoms with E-state index in [-0.39, 0.29) is 0 Å². The van der Waals surface area contributed by atoms with E-state index in [0.717, 1.165) is 25.7 Å². The molecule has 0 N–H and O–H groups in total. The van der Waals surface area contributed by atoms with E-state index < -0.39 is 8.80 Å². The molecule has 0 bridgehead atoms. The summed E-state index contributed by atoms with van der Waals surface area (Å²) < 4.78 is 22.9. The predicted octanol–water partition coefficient (Wildman–Crippen LogP) is 4.92. The monoisotopic (exact) mass is 373 g/mol. The minimum absolute atomic E-state index is 0.672. The molecule has 6 heteroatoms. The van der Waals surface area contributed by atoms with Crippen molar-refractivity contribution < 1.29 is 18.0 Å². The second-order valence-corrected chi connectivity index (χ2v) is 9.19. The van der Waals surface area contributed by atoms with Crippen LogP contribution in [0.3, 0.4) is 0 Å². The number of rotatable bonds is 17. The Morgan fingerprint density at radius 3 is 1.80 bits per heavy atom. The third kappa shape index (κ3) is 10.2. The average molecular weight is 374 g/mol. The van der Waals surface area contributed by atoms with E-state index in [2.05, 4.69) is 4.90 Å². The second-order valence-electron chi connectivity index (χ2n) is 6.45. The Hall–Kier alpha value is -0.563. The molecule has 0 atom stereocenters. The summed E-state index contributed by atoms with van der Waals surface area (Å²) in [5.74, 6) is 0. The molecule has 0 aliphatic carbocycles. The first-order valence-electron chi connectivity index (χ1n) is 10.2. The van der Waals surface area contributed by atoms with E-state index >= 15 is 0 Å². The van der Waals surface area contributed by atoms with Gasteiger partial charge in [-0.1, -0.05) is 38.5 Å². The fourth-order valence-corrected chi connectivity index (χ4v) is 5.85. The van der Waals surface area contributed by atoms with Crippen molar-refractivity contribution in [3.05, 3.63) is 12.5 Å². The van der Waals surface area contributed by atoms with E-state index in [9.17, 15) is 0 Å². The van der Waals surface area contributed by atoms with Gasteiger partial charge in [0.2, 0.25) is 0 Å². The molecule has 1 aliphatic heterocycles. The van der Waals surface area contributed by atoms with Crippen molar-refractivity contribution in [1.29, 1.82) is 0 Å². The highest BCUT2D eigenvalue weighted by Gasteiger charge is 2.39. The molecule has 0 radical (unpaired) electrons. The SMILES string of the molecule is CCO[Si](CCCCCCCCCCN1C=COC1)(OCC)OCC. The summed E-state index contributed by atoms with van der Waals surface area (Å²) in [5.41, 5.74) is 0. The summed E-state index contributed by atoms with van der Waals surface area (Å²) in [5, 5.41) is 0. The Balaban J connectivity index is 1.98. The summed E-state index contributed by atoms with van der Waals surface area (Å²) in [6.45, 7) is 9.93. The first kappa shape index (κ1) is 22.5. The largest absolute Gasteiger partial charge is 0.500 e. The van der Waals surface area contributed by atoms with Crippen LogP contribution in [0, 0.1) is 0 Å². The Labute approximate surface area is 156 Å². The Morgan fingerprint density at radius 1 is 0.800 bits per heavy atom. The molecule has 0 fully saturated rings. The maximum Gasteiger partial charge on any atom is 0.500 e. The fraction of sp³-hybridized carbons (Fsp3) is 0.895. The zero-order chi connectivity index (χ0) is 18.2. The Kier molecular flexibility index (Phi) is 13.1. The van der Waals surface area contributed by atoms with Crippen LogP contribution in [0.4, 0.5) is 0 Å². The van der Waals surface area contributed by atoms with Gasteiger partial charge in [0.05, 0.1) is 0 Å². The van der Waals surface area contributed by atoms with Crippen molar-refractivity contribution in [2.75, 3.05) is 33.1 Å². The van der Waals surface area contributed by atoms with Crippen molar-refractivity contribution in [1.82, 2.24) is 4.90 Å². The normalized spacial score (nSPS) is 14.3. The van der Waals surface area contributed by atoms with E-state index in [4.69, 9.17) is 18.0 Å². The average Bonchev–Trinajstić information content (AvgIpc) is 3.11. The van der Waals surface area contributed by atoms with Crippen LogP contribution in [0.15, 0.2) is 12.5 Å². The standard InChI is InChI=1S/C19H39NO4Si/c1-4-22-25(23-5-2,24-6-3)18-14-12-10-8-7-9-11-13-15-20-16-17-21-19-20/h16-17H,4-15,18-19H2,1-3H3. The quantitative estimate of drug-likeness (QED) is 0.267. The molecule has 0 unspecified atom stereocenters. The summed E-state index contributed by atoms with van der Waals surface area (Å²) in [7, 11) is -2.42. The van der Waals surface area contributed by atoms with Crippen LogP contribution in [0.2, 0.25) is 6.04 Å². The molecular weight excluding hydrogens is 334 g/mol. The number of unbranched alkanes of at least 4 members (excludes halogenated alkanes) is 7. The van der Waals surface area contributed by atoms with Gasteiger partial charge in [0.1, 0.15) is 6.26 Å². The van der Waals surface area contributed by atoms with Gasteiger partial charge in [0.15, 0.2) is 6.73 Å². The van der Waals surface area contributed by atoms with Crippen molar-refractivity contribution in [3.63, 3.8) is 0 Å². The number of ether oxygens (including phenoxy) is 1. The predicted molar refractivity (Wildman–Crippen MR) is 104 cm³/mol. The van der Waals surface area contributed by atoms with Gasteiger partial charge in [0, 0.05) is 38.6 Å². The van der Waals surface area contributed by atoms with Gasteiger partial charge in [0.25, 0.3) is 0 Å². The molecule has 5 nitrogen and oxygen atoms in total. The molecule has 0 aromatic rings. The van der Waals surface area contributed by atoms with Crippen LogP contribution >= 0.6 is 0 Å². The lowest BCUT2D eigenvalue weighted by atomic mass is 10.1. The second kappa shape index (κ2) is 14.6. The Morgan fingerprint density at radius 2 is 1.32 bits per heavy atom. The first-order chi connectivity index (χ1) is 12.3. The molecule has 0 spiro atoms. The number of hydrogen-bond acceptors (Lipinski definition) is 5.